The number of piperidine rings is 1. The van der Waals surface area contributed by atoms with E-state index in [1.54, 1.807) is 17.0 Å². The van der Waals surface area contributed by atoms with Crippen LogP contribution in [0.1, 0.15) is 28.8 Å². The summed E-state index contributed by atoms with van der Waals surface area (Å²) in [5.74, 6) is -0.453. The smallest absolute Gasteiger partial charge is 0.367 e. The lowest BCUT2D eigenvalue weighted by Crippen LogP contribution is -2.56. The molecular weight excluding hydrogens is 410 g/mol. The maximum atomic E-state index is 14.1. The first-order chi connectivity index (χ1) is 14.8. The van der Waals surface area contributed by atoms with Crippen molar-refractivity contribution in [3.8, 4) is 0 Å². The summed E-state index contributed by atoms with van der Waals surface area (Å²) in [5, 5.41) is 0. The average molecular weight is 435 g/mol. The maximum absolute atomic E-state index is 14.1. The fraction of sp³-hybridized carbons (Fsp3) is 0.435. The molecule has 4 nitrogen and oxygen atoms in total. The maximum Gasteiger partial charge on any atom is 0.416 e. The lowest BCUT2D eigenvalue weighted by atomic mass is 10.0. The number of nitrogens with zero attached hydrogens (tertiary/aromatic N) is 3. The number of hydrogen-bond donors (Lipinski definition) is 0. The first-order valence-electron chi connectivity index (χ1n) is 10.5. The standard InChI is InChI=1S/C23H25F4N3O/c24-20-5-1-2-6-21(20)29-14-12-28(13-15-29)19-4-3-11-30(16-19)22(31)17-7-9-18(10-8-17)23(25,26)27/h1-2,5-10,19H,3-4,11-16H2. The summed E-state index contributed by atoms with van der Waals surface area (Å²) >= 11 is 0. The number of para-hydroxylation sites is 1. The third-order valence-corrected chi connectivity index (χ3v) is 6.17. The molecule has 1 amide bonds. The van der Waals surface area contributed by atoms with E-state index in [4.69, 9.17) is 0 Å². The SMILES string of the molecule is O=C(c1ccc(C(F)(F)F)cc1)N1CCCC(N2CCN(c3ccccc3F)CC2)C1. The van der Waals surface area contributed by atoms with Crippen molar-refractivity contribution in [2.45, 2.75) is 25.1 Å². The molecule has 0 aliphatic carbocycles. The summed E-state index contributed by atoms with van der Waals surface area (Å²) in [6.45, 7) is 4.14. The fourth-order valence-corrected chi connectivity index (χ4v) is 4.46. The fourth-order valence-electron chi connectivity index (χ4n) is 4.46. The van der Waals surface area contributed by atoms with E-state index in [-0.39, 0.29) is 23.3 Å². The molecule has 2 aliphatic heterocycles. The van der Waals surface area contributed by atoms with Crippen LogP contribution in [0, 0.1) is 5.82 Å². The highest BCUT2D eigenvalue weighted by Crippen LogP contribution is 2.29. The molecule has 2 aromatic carbocycles. The predicted molar refractivity (Wildman–Crippen MR) is 111 cm³/mol. The molecule has 2 saturated heterocycles. The molecule has 0 N–H and O–H groups in total. The van der Waals surface area contributed by atoms with Crippen molar-refractivity contribution in [1.29, 1.82) is 0 Å². The predicted octanol–water partition coefficient (Wildman–Crippen LogP) is 4.27. The highest BCUT2D eigenvalue weighted by molar-refractivity contribution is 5.94. The van der Waals surface area contributed by atoms with Gasteiger partial charge in [-0.15, -0.1) is 0 Å². The van der Waals surface area contributed by atoms with Crippen molar-refractivity contribution >= 4 is 11.6 Å². The van der Waals surface area contributed by atoms with Gasteiger partial charge in [0.25, 0.3) is 5.91 Å². The number of rotatable bonds is 3. The Hall–Kier alpha value is -2.61. The highest BCUT2D eigenvalue weighted by Gasteiger charge is 2.32. The van der Waals surface area contributed by atoms with Gasteiger partial charge in [0.2, 0.25) is 0 Å². The van der Waals surface area contributed by atoms with E-state index in [9.17, 15) is 22.4 Å². The van der Waals surface area contributed by atoms with Crippen LogP contribution in [0.25, 0.3) is 0 Å². The summed E-state index contributed by atoms with van der Waals surface area (Å²) in [5.41, 5.74) is 0.135. The molecule has 2 aliphatic rings. The van der Waals surface area contributed by atoms with E-state index in [0.29, 0.717) is 31.9 Å². The van der Waals surface area contributed by atoms with Gasteiger partial charge in [-0.2, -0.15) is 13.2 Å². The second kappa shape index (κ2) is 8.86. The number of anilines is 1. The normalized spacial score (nSPS) is 20.7. The number of piperazine rings is 1. The van der Waals surface area contributed by atoms with E-state index in [1.807, 2.05) is 11.0 Å². The molecule has 1 atom stereocenters. The molecule has 0 bridgehead atoms. The first kappa shape index (κ1) is 21.6. The molecule has 166 valence electrons. The number of benzene rings is 2. The van der Waals surface area contributed by atoms with Crippen LogP contribution in [0.2, 0.25) is 0 Å². The number of amides is 1. The molecule has 8 heteroatoms. The van der Waals surface area contributed by atoms with Crippen LogP contribution in [-0.2, 0) is 6.18 Å². The number of carbonyl (C=O) groups excluding carboxylic acids is 1. The van der Waals surface area contributed by atoms with Crippen LogP contribution >= 0.6 is 0 Å². The number of likely N-dealkylation sites (tertiary alicyclic amines) is 1. The van der Waals surface area contributed by atoms with Crippen molar-refractivity contribution in [2.75, 3.05) is 44.2 Å². The molecule has 2 fully saturated rings. The second-order valence-electron chi connectivity index (χ2n) is 8.10. The Balaban J connectivity index is 1.36. The van der Waals surface area contributed by atoms with E-state index in [1.165, 1.54) is 18.2 Å². The van der Waals surface area contributed by atoms with Crippen LogP contribution < -0.4 is 4.90 Å². The molecule has 0 aromatic heterocycles. The largest absolute Gasteiger partial charge is 0.416 e. The minimum absolute atomic E-state index is 0.204. The molecule has 2 heterocycles. The van der Waals surface area contributed by atoms with Gasteiger partial charge in [0.1, 0.15) is 5.82 Å². The minimum atomic E-state index is -4.41. The van der Waals surface area contributed by atoms with Gasteiger partial charge in [-0.05, 0) is 49.2 Å². The molecule has 0 spiro atoms. The molecular formula is C23H25F4N3O. The lowest BCUT2D eigenvalue weighted by Gasteiger charge is -2.44. The van der Waals surface area contributed by atoms with Crippen LogP contribution in [0.15, 0.2) is 48.5 Å². The summed E-state index contributed by atoms with van der Waals surface area (Å²) in [4.78, 5) is 19.0. The Morgan fingerprint density at radius 2 is 1.58 bits per heavy atom. The third kappa shape index (κ3) is 4.84. The van der Waals surface area contributed by atoms with Gasteiger partial charge in [-0.1, -0.05) is 12.1 Å². The first-order valence-corrected chi connectivity index (χ1v) is 10.5. The van der Waals surface area contributed by atoms with Gasteiger partial charge in [0.05, 0.1) is 11.3 Å². The Morgan fingerprint density at radius 3 is 2.23 bits per heavy atom. The number of hydrogen-bond acceptors (Lipinski definition) is 3. The van der Waals surface area contributed by atoms with Crippen LogP contribution in [0.3, 0.4) is 0 Å². The van der Waals surface area contributed by atoms with E-state index in [2.05, 4.69) is 4.90 Å². The summed E-state index contributed by atoms with van der Waals surface area (Å²) < 4.78 is 52.4. The summed E-state index contributed by atoms with van der Waals surface area (Å²) in [7, 11) is 0. The zero-order chi connectivity index (χ0) is 22.0. The molecule has 1 unspecified atom stereocenters. The van der Waals surface area contributed by atoms with Gasteiger partial charge in [-0.25, -0.2) is 4.39 Å². The Labute approximate surface area is 179 Å². The van der Waals surface area contributed by atoms with E-state index < -0.39 is 11.7 Å². The third-order valence-electron chi connectivity index (χ3n) is 6.17. The average Bonchev–Trinajstić information content (AvgIpc) is 2.79. The quantitative estimate of drug-likeness (QED) is 0.674. The van der Waals surface area contributed by atoms with Crippen LogP contribution in [0.5, 0.6) is 0 Å². The number of alkyl halides is 3. The highest BCUT2D eigenvalue weighted by atomic mass is 19.4. The lowest BCUT2D eigenvalue weighted by molar-refractivity contribution is -0.137. The Morgan fingerprint density at radius 1 is 0.903 bits per heavy atom. The van der Waals surface area contributed by atoms with Gasteiger partial charge >= 0.3 is 6.18 Å². The van der Waals surface area contributed by atoms with Crippen molar-refractivity contribution in [3.63, 3.8) is 0 Å². The van der Waals surface area contributed by atoms with Gasteiger partial charge in [0, 0.05) is 50.9 Å². The van der Waals surface area contributed by atoms with E-state index in [0.717, 1.165) is 38.1 Å². The van der Waals surface area contributed by atoms with Crippen molar-refractivity contribution < 1.29 is 22.4 Å². The number of carbonyl (C=O) groups is 1. The second-order valence-corrected chi connectivity index (χ2v) is 8.10. The van der Waals surface area contributed by atoms with Crippen LogP contribution in [0.4, 0.5) is 23.2 Å². The van der Waals surface area contributed by atoms with Gasteiger partial charge in [0.15, 0.2) is 0 Å². The van der Waals surface area contributed by atoms with Crippen molar-refractivity contribution in [3.05, 3.63) is 65.5 Å². The summed E-state index contributed by atoms with van der Waals surface area (Å²) in [6, 6.07) is 11.4. The van der Waals surface area contributed by atoms with Crippen molar-refractivity contribution in [1.82, 2.24) is 9.80 Å². The van der Waals surface area contributed by atoms with E-state index >= 15 is 0 Å². The molecule has 0 radical (unpaired) electrons. The molecule has 2 aromatic rings. The summed E-state index contributed by atoms with van der Waals surface area (Å²) in [6.07, 6.45) is -2.59. The monoisotopic (exact) mass is 435 g/mol. The zero-order valence-electron chi connectivity index (χ0n) is 17.1. The topological polar surface area (TPSA) is 26.8 Å². The molecule has 4 rings (SSSR count). The molecule has 0 saturated carbocycles. The minimum Gasteiger partial charge on any atom is -0.367 e. The number of halogens is 4. The van der Waals surface area contributed by atoms with Crippen LogP contribution in [-0.4, -0.2) is 61.0 Å². The molecule has 31 heavy (non-hydrogen) atoms. The Bertz CT molecular complexity index is 908. The van der Waals surface area contributed by atoms with Gasteiger partial charge in [-0.3, -0.25) is 9.69 Å². The Kier molecular flexibility index (Phi) is 6.18. The zero-order valence-corrected chi connectivity index (χ0v) is 17.1. The van der Waals surface area contributed by atoms with Crippen molar-refractivity contribution in [2.24, 2.45) is 0 Å². The van der Waals surface area contributed by atoms with Gasteiger partial charge < -0.3 is 9.80 Å².